The highest BCUT2D eigenvalue weighted by molar-refractivity contribution is 14.1. The maximum absolute atomic E-state index is 9.97. The molecule has 0 saturated carbocycles. The van der Waals surface area contributed by atoms with Gasteiger partial charge >= 0.3 is 0 Å². The summed E-state index contributed by atoms with van der Waals surface area (Å²) in [5.74, 6) is 1.12. The van der Waals surface area contributed by atoms with Crippen LogP contribution in [0.3, 0.4) is 0 Å². The van der Waals surface area contributed by atoms with E-state index in [9.17, 15) is 10.4 Å². The highest BCUT2D eigenvalue weighted by Crippen LogP contribution is 2.42. The molecule has 0 saturated heterocycles. The van der Waals surface area contributed by atoms with Gasteiger partial charge in [-0.2, -0.15) is 5.26 Å². The van der Waals surface area contributed by atoms with Crippen molar-refractivity contribution in [1.29, 1.82) is 5.26 Å². The lowest BCUT2D eigenvalue weighted by molar-refractivity contribution is 0.467. The van der Waals surface area contributed by atoms with Crippen LogP contribution in [0.5, 0.6) is 5.75 Å². The number of phenols is 1. The number of phenolic OH excluding ortho intramolecular Hbond substituents is 1. The van der Waals surface area contributed by atoms with E-state index in [2.05, 4.69) is 56.2 Å². The van der Waals surface area contributed by atoms with Gasteiger partial charge in [0.25, 0.3) is 0 Å². The fourth-order valence-electron chi connectivity index (χ4n) is 3.08. The van der Waals surface area contributed by atoms with E-state index in [1.165, 1.54) is 0 Å². The predicted octanol–water partition coefficient (Wildman–Crippen LogP) is 7.15. The maximum atomic E-state index is 9.97. The van der Waals surface area contributed by atoms with Gasteiger partial charge in [0.1, 0.15) is 23.1 Å². The molecule has 0 aliphatic rings. The van der Waals surface area contributed by atoms with E-state index in [4.69, 9.17) is 4.42 Å². The molecule has 0 radical (unpaired) electrons. The number of hydrogen-bond acceptors (Lipinski definition) is 4. The Kier molecular flexibility index (Phi) is 6.20. The lowest BCUT2D eigenvalue weighted by Gasteiger charge is -2.03. The fraction of sp³-hybridized carbons (Fsp3) is 0. The maximum Gasteiger partial charge on any atom is 0.238 e. The molecule has 0 fully saturated rings. The molecule has 146 valence electrons. The Morgan fingerprint density at radius 1 is 0.900 bits per heavy atom. The third kappa shape index (κ3) is 4.13. The molecular formula is C24H14I2N2O2. The molecule has 0 amide bonds. The molecule has 4 aromatic rings. The molecule has 0 unspecified atom stereocenters. The van der Waals surface area contributed by atoms with E-state index >= 15 is 0 Å². The molecule has 1 aromatic heterocycles. The van der Waals surface area contributed by atoms with Crippen molar-refractivity contribution in [2.75, 3.05) is 0 Å². The number of halogens is 2. The van der Waals surface area contributed by atoms with Crippen LogP contribution in [-0.4, -0.2) is 11.3 Å². The molecule has 30 heavy (non-hydrogen) atoms. The summed E-state index contributed by atoms with van der Waals surface area (Å²) >= 11 is 4.15. The summed E-state index contributed by atoms with van der Waals surface area (Å²) < 4.78 is 7.57. The van der Waals surface area contributed by atoms with Crippen molar-refractivity contribution in [2.45, 2.75) is 0 Å². The third-order valence-electron chi connectivity index (χ3n) is 4.47. The molecule has 0 aliphatic carbocycles. The van der Waals surface area contributed by atoms with Gasteiger partial charge < -0.3 is 9.52 Å². The standard InChI is InChI=1S/C24H14I2N2O2/c25-19-11-15(12-20(26)22(19)29)14-28-24-18(13-27)21(16-7-3-1-4-8-16)23(30-24)17-9-5-2-6-10-17/h1-12,14,29H. The van der Waals surface area contributed by atoms with Crippen molar-refractivity contribution >= 4 is 57.3 Å². The zero-order valence-electron chi connectivity index (χ0n) is 15.5. The Bertz CT molecular complexity index is 1250. The van der Waals surface area contributed by atoms with Gasteiger partial charge in [0.05, 0.1) is 7.14 Å². The van der Waals surface area contributed by atoms with Crippen molar-refractivity contribution in [1.82, 2.24) is 0 Å². The molecular weight excluding hydrogens is 602 g/mol. The number of hydrogen-bond donors (Lipinski definition) is 1. The molecule has 0 spiro atoms. The van der Waals surface area contributed by atoms with Gasteiger partial charge in [-0.25, -0.2) is 4.99 Å². The van der Waals surface area contributed by atoms with Crippen LogP contribution in [0.1, 0.15) is 11.1 Å². The summed E-state index contributed by atoms with van der Waals surface area (Å²) in [6, 6.07) is 25.3. The first-order chi connectivity index (χ1) is 14.6. The van der Waals surface area contributed by atoms with Gasteiger partial charge in [0, 0.05) is 17.3 Å². The van der Waals surface area contributed by atoms with Gasteiger partial charge in [-0.05, 0) is 68.4 Å². The SMILES string of the molecule is N#Cc1c(N=Cc2cc(I)c(O)c(I)c2)oc(-c2ccccc2)c1-c1ccccc1. The minimum absolute atomic E-state index is 0.252. The molecule has 3 aromatic carbocycles. The topological polar surface area (TPSA) is 69.5 Å². The molecule has 6 heteroatoms. The van der Waals surface area contributed by atoms with Crippen LogP contribution in [0.2, 0.25) is 0 Å². The Labute approximate surface area is 201 Å². The largest absolute Gasteiger partial charge is 0.506 e. The van der Waals surface area contributed by atoms with Crippen LogP contribution in [0.4, 0.5) is 5.88 Å². The summed E-state index contributed by atoms with van der Waals surface area (Å²) in [7, 11) is 0. The first-order valence-corrected chi connectivity index (χ1v) is 11.1. The van der Waals surface area contributed by atoms with Crippen molar-refractivity contribution < 1.29 is 9.52 Å². The smallest absolute Gasteiger partial charge is 0.238 e. The minimum Gasteiger partial charge on any atom is -0.506 e. The van der Waals surface area contributed by atoms with E-state index in [0.29, 0.717) is 11.3 Å². The normalized spacial score (nSPS) is 11.0. The first kappa shape index (κ1) is 20.6. The molecule has 4 nitrogen and oxygen atoms in total. The van der Waals surface area contributed by atoms with Crippen molar-refractivity contribution in [2.24, 2.45) is 4.99 Å². The highest BCUT2D eigenvalue weighted by atomic mass is 127. The second-order valence-corrected chi connectivity index (χ2v) is 8.75. The van der Waals surface area contributed by atoms with E-state index < -0.39 is 0 Å². The van der Waals surface area contributed by atoms with E-state index in [-0.39, 0.29) is 11.6 Å². The monoisotopic (exact) mass is 616 g/mol. The average molecular weight is 616 g/mol. The van der Waals surface area contributed by atoms with Gasteiger partial charge in [-0.1, -0.05) is 60.7 Å². The predicted molar refractivity (Wildman–Crippen MR) is 135 cm³/mol. The third-order valence-corrected chi connectivity index (χ3v) is 6.11. The summed E-state index contributed by atoms with van der Waals surface area (Å²) in [5, 5.41) is 19.9. The molecule has 0 aliphatic heterocycles. The van der Waals surface area contributed by atoms with Gasteiger partial charge in [-0.15, -0.1) is 0 Å². The summed E-state index contributed by atoms with van der Waals surface area (Å²) in [4.78, 5) is 4.49. The number of benzene rings is 3. The van der Waals surface area contributed by atoms with Crippen LogP contribution in [-0.2, 0) is 0 Å². The number of furan rings is 1. The van der Waals surface area contributed by atoms with Crippen molar-refractivity contribution in [3.05, 3.63) is 91.1 Å². The van der Waals surface area contributed by atoms with Crippen molar-refractivity contribution in [3.8, 4) is 34.3 Å². The summed E-state index contributed by atoms with van der Waals surface area (Å²) in [6.07, 6.45) is 1.65. The van der Waals surface area contributed by atoms with Crippen LogP contribution in [0.25, 0.3) is 22.5 Å². The van der Waals surface area contributed by atoms with Gasteiger partial charge in [0.15, 0.2) is 0 Å². The van der Waals surface area contributed by atoms with Crippen molar-refractivity contribution in [3.63, 3.8) is 0 Å². The molecule has 1 heterocycles. The zero-order chi connectivity index (χ0) is 21.1. The Morgan fingerprint density at radius 2 is 1.47 bits per heavy atom. The minimum atomic E-state index is 0.252. The van der Waals surface area contributed by atoms with Crippen LogP contribution >= 0.6 is 45.2 Å². The Morgan fingerprint density at radius 3 is 2.03 bits per heavy atom. The van der Waals surface area contributed by atoms with E-state index in [1.54, 1.807) is 6.21 Å². The molecule has 0 atom stereocenters. The second-order valence-electron chi connectivity index (χ2n) is 6.42. The first-order valence-electron chi connectivity index (χ1n) is 8.98. The average Bonchev–Trinajstić information content (AvgIpc) is 3.15. The van der Waals surface area contributed by atoms with Gasteiger partial charge in [0.2, 0.25) is 5.88 Å². The second kappa shape index (κ2) is 9.02. The number of aliphatic imine (C=N–C) groups is 1. The van der Waals surface area contributed by atoms with E-state index in [0.717, 1.165) is 29.4 Å². The summed E-state index contributed by atoms with van der Waals surface area (Å²) in [6.45, 7) is 0. The number of nitriles is 1. The van der Waals surface area contributed by atoms with Crippen LogP contribution in [0.15, 0.2) is 82.2 Å². The Balaban J connectivity index is 1.87. The number of rotatable bonds is 4. The van der Waals surface area contributed by atoms with Crippen LogP contribution < -0.4 is 0 Å². The zero-order valence-corrected chi connectivity index (χ0v) is 19.8. The molecule has 0 bridgehead atoms. The van der Waals surface area contributed by atoms with Crippen LogP contribution in [0, 0.1) is 18.5 Å². The summed E-state index contributed by atoms with van der Waals surface area (Å²) in [5.41, 5.74) is 3.70. The number of nitrogens with zero attached hydrogens (tertiary/aromatic N) is 2. The highest BCUT2D eigenvalue weighted by Gasteiger charge is 2.22. The number of aromatic hydroxyl groups is 1. The Hall–Kier alpha value is -2.64. The van der Waals surface area contributed by atoms with E-state index in [1.807, 2.05) is 72.8 Å². The molecule has 1 N–H and O–H groups in total. The lowest BCUT2D eigenvalue weighted by atomic mass is 9.98. The van der Waals surface area contributed by atoms with Gasteiger partial charge in [-0.3, -0.25) is 0 Å². The lowest BCUT2D eigenvalue weighted by Crippen LogP contribution is -1.87. The quantitative estimate of drug-likeness (QED) is 0.196. The molecule has 4 rings (SSSR count). The fourth-order valence-corrected chi connectivity index (χ4v) is 4.90.